The maximum atomic E-state index is 6.12. The maximum Gasteiger partial charge on any atom is 0.191 e. The summed E-state index contributed by atoms with van der Waals surface area (Å²) in [6.07, 6.45) is 6.92. The fraction of sp³-hybridized carbons (Fsp3) is 0.773. The third kappa shape index (κ3) is 6.85. The molecule has 6 nitrogen and oxygen atoms in total. The summed E-state index contributed by atoms with van der Waals surface area (Å²) >= 11 is 0. The lowest BCUT2D eigenvalue weighted by atomic mass is 9.78. The van der Waals surface area contributed by atoms with Crippen molar-refractivity contribution in [3.05, 3.63) is 24.2 Å². The van der Waals surface area contributed by atoms with Gasteiger partial charge in [0.15, 0.2) is 5.96 Å². The smallest absolute Gasteiger partial charge is 0.191 e. The van der Waals surface area contributed by atoms with Crippen molar-refractivity contribution in [2.24, 2.45) is 16.3 Å². The SMILES string of the molecule is CN=C(NCC1CCCOC1C(C)(C)C)NCC(c1ccco1)N1CCCC1.I. The zero-order valence-electron chi connectivity index (χ0n) is 18.4. The summed E-state index contributed by atoms with van der Waals surface area (Å²) in [7, 11) is 1.84. The topological polar surface area (TPSA) is 62.0 Å². The first-order chi connectivity index (χ1) is 13.5. The van der Waals surface area contributed by atoms with Crippen LogP contribution in [0.25, 0.3) is 0 Å². The van der Waals surface area contributed by atoms with Gasteiger partial charge in [0.2, 0.25) is 0 Å². The van der Waals surface area contributed by atoms with Crippen LogP contribution < -0.4 is 10.6 Å². The molecule has 0 bridgehead atoms. The number of aliphatic imine (C=N–C) groups is 1. The van der Waals surface area contributed by atoms with Gasteiger partial charge in [-0.15, -0.1) is 24.0 Å². The van der Waals surface area contributed by atoms with E-state index in [-0.39, 0.29) is 41.5 Å². The van der Waals surface area contributed by atoms with Crippen LogP contribution in [0, 0.1) is 11.3 Å². The van der Waals surface area contributed by atoms with E-state index in [0.29, 0.717) is 5.92 Å². The highest BCUT2D eigenvalue weighted by Crippen LogP contribution is 2.33. The van der Waals surface area contributed by atoms with Gasteiger partial charge in [0.1, 0.15) is 5.76 Å². The van der Waals surface area contributed by atoms with Crippen LogP contribution in [-0.2, 0) is 4.74 Å². The molecule has 0 radical (unpaired) electrons. The molecule has 2 fully saturated rings. The standard InChI is InChI=1S/C22H38N4O2.HI/c1-22(2,3)20-17(9-7-14-28-20)15-24-21(23-4)25-16-18(19-10-8-13-27-19)26-11-5-6-12-26;/h8,10,13,17-18,20H,5-7,9,11-12,14-16H2,1-4H3,(H2,23,24,25);1H. The molecule has 0 aromatic carbocycles. The molecule has 0 saturated carbocycles. The maximum absolute atomic E-state index is 6.12. The number of guanidine groups is 1. The zero-order valence-corrected chi connectivity index (χ0v) is 20.8. The van der Waals surface area contributed by atoms with Gasteiger partial charge in [-0.05, 0) is 56.3 Å². The summed E-state index contributed by atoms with van der Waals surface area (Å²) in [5.41, 5.74) is 0.157. The second kappa shape index (κ2) is 11.6. The first-order valence-electron chi connectivity index (χ1n) is 10.8. The Bertz CT molecular complexity index is 609. The quantitative estimate of drug-likeness (QED) is 0.338. The van der Waals surface area contributed by atoms with Crippen molar-refractivity contribution in [2.45, 2.75) is 58.6 Å². The molecule has 3 unspecified atom stereocenters. The molecule has 1 aromatic heterocycles. The lowest BCUT2D eigenvalue weighted by Crippen LogP contribution is -2.48. The molecule has 7 heteroatoms. The fourth-order valence-electron chi connectivity index (χ4n) is 4.59. The van der Waals surface area contributed by atoms with Crippen LogP contribution in [-0.4, -0.2) is 56.8 Å². The van der Waals surface area contributed by atoms with E-state index in [1.165, 1.54) is 19.3 Å². The van der Waals surface area contributed by atoms with Crippen molar-refractivity contribution in [1.29, 1.82) is 0 Å². The average Bonchev–Trinajstić information content (AvgIpc) is 3.38. The number of likely N-dealkylation sites (tertiary alicyclic amines) is 1. The normalized spacial score (nSPS) is 24.8. The second-order valence-electron chi connectivity index (χ2n) is 9.17. The lowest BCUT2D eigenvalue weighted by molar-refractivity contribution is -0.0835. The Labute approximate surface area is 193 Å². The predicted octanol–water partition coefficient (Wildman–Crippen LogP) is 4.04. The van der Waals surface area contributed by atoms with Gasteiger partial charge >= 0.3 is 0 Å². The summed E-state index contributed by atoms with van der Waals surface area (Å²) in [5.74, 6) is 2.39. The molecule has 2 aliphatic rings. The third-order valence-electron chi connectivity index (χ3n) is 5.97. The van der Waals surface area contributed by atoms with Gasteiger partial charge in [-0.2, -0.15) is 0 Å². The number of nitrogens with one attached hydrogen (secondary N) is 2. The van der Waals surface area contributed by atoms with Gasteiger partial charge in [-0.1, -0.05) is 20.8 Å². The minimum absolute atomic E-state index is 0. The van der Waals surface area contributed by atoms with Crippen LogP contribution in [0.2, 0.25) is 0 Å². The molecule has 3 heterocycles. The Morgan fingerprint density at radius 3 is 2.62 bits per heavy atom. The van der Waals surface area contributed by atoms with Crippen molar-refractivity contribution in [3.8, 4) is 0 Å². The molecule has 2 saturated heterocycles. The van der Waals surface area contributed by atoms with Crippen LogP contribution in [0.1, 0.15) is 58.3 Å². The molecular formula is C22H39IN4O2. The number of hydrogen-bond acceptors (Lipinski definition) is 4. The largest absolute Gasteiger partial charge is 0.468 e. The summed E-state index contributed by atoms with van der Waals surface area (Å²) in [6, 6.07) is 4.30. The Kier molecular flexibility index (Phi) is 9.75. The van der Waals surface area contributed by atoms with E-state index >= 15 is 0 Å². The van der Waals surface area contributed by atoms with Crippen LogP contribution in [0.4, 0.5) is 0 Å². The van der Waals surface area contributed by atoms with Gasteiger partial charge in [0.25, 0.3) is 0 Å². The minimum Gasteiger partial charge on any atom is -0.468 e. The Hall–Kier alpha value is -0.800. The second-order valence-corrected chi connectivity index (χ2v) is 9.17. The number of furan rings is 1. The Morgan fingerprint density at radius 1 is 1.24 bits per heavy atom. The lowest BCUT2D eigenvalue weighted by Gasteiger charge is -2.40. The summed E-state index contributed by atoms with van der Waals surface area (Å²) in [6.45, 7) is 11.6. The van der Waals surface area contributed by atoms with Gasteiger partial charge in [-0.3, -0.25) is 9.89 Å². The Morgan fingerprint density at radius 2 is 2.00 bits per heavy atom. The van der Waals surface area contributed by atoms with E-state index in [1.807, 2.05) is 13.1 Å². The summed E-state index contributed by atoms with van der Waals surface area (Å²) < 4.78 is 11.8. The zero-order chi connectivity index (χ0) is 20.0. The summed E-state index contributed by atoms with van der Waals surface area (Å²) in [4.78, 5) is 6.95. The van der Waals surface area contributed by atoms with Gasteiger partial charge in [0, 0.05) is 32.7 Å². The summed E-state index contributed by atoms with van der Waals surface area (Å²) in [5, 5.41) is 7.07. The third-order valence-corrected chi connectivity index (χ3v) is 5.97. The monoisotopic (exact) mass is 518 g/mol. The molecule has 3 atom stereocenters. The van der Waals surface area contributed by atoms with Crippen molar-refractivity contribution in [1.82, 2.24) is 15.5 Å². The van der Waals surface area contributed by atoms with Crippen LogP contribution in [0.5, 0.6) is 0 Å². The van der Waals surface area contributed by atoms with E-state index in [4.69, 9.17) is 9.15 Å². The molecule has 0 spiro atoms. The molecular weight excluding hydrogens is 479 g/mol. The molecule has 2 aliphatic heterocycles. The van der Waals surface area contributed by atoms with Crippen molar-refractivity contribution in [2.75, 3.05) is 39.8 Å². The molecule has 0 amide bonds. The molecule has 0 aliphatic carbocycles. The van der Waals surface area contributed by atoms with E-state index in [0.717, 1.165) is 50.9 Å². The average molecular weight is 518 g/mol. The number of hydrogen-bond donors (Lipinski definition) is 2. The van der Waals surface area contributed by atoms with E-state index in [1.54, 1.807) is 6.26 Å². The van der Waals surface area contributed by atoms with Crippen LogP contribution >= 0.6 is 24.0 Å². The van der Waals surface area contributed by atoms with E-state index < -0.39 is 0 Å². The number of rotatable bonds is 6. The van der Waals surface area contributed by atoms with Crippen LogP contribution in [0.15, 0.2) is 27.8 Å². The first-order valence-corrected chi connectivity index (χ1v) is 10.8. The van der Waals surface area contributed by atoms with Crippen molar-refractivity contribution in [3.63, 3.8) is 0 Å². The first kappa shape index (κ1) is 24.5. The van der Waals surface area contributed by atoms with Crippen molar-refractivity contribution >= 4 is 29.9 Å². The minimum atomic E-state index is 0. The molecule has 166 valence electrons. The molecule has 29 heavy (non-hydrogen) atoms. The molecule has 2 N–H and O–H groups in total. The van der Waals surface area contributed by atoms with Crippen molar-refractivity contribution < 1.29 is 9.15 Å². The fourth-order valence-corrected chi connectivity index (χ4v) is 4.59. The predicted molar refractivity (Wildman–Crippen MR) is 129 cm³/mol. The number of ether oxygens (including phenoxy) is 1. The highest BCUT2D eigenvalue weighted by Gasteiger charge is 2.35. The van der Waals surface area contributed by atoms with E-state index in [9.17, 15) is 0 Å². The molecule has 3 rings (SSSR count). The number of nitrogens with zero attached hydrogens (tertiary/aromatic N) is 2. The number of halogens is 1. The van der Waals surface area contributed by atoms with E-state index in [2.05, 4.69) is 47.4 Å². The van der Waals surface area contributed by atoms with Gasteiger partial charge < -0.3 is 19.8 Å². The van der Waals surface area contributed by atoms with Gasteiger partial charge in [-0.25, -0.2) is 0 Å². The Balaban J connectivity index is 0.00000300. The highest BCUT2D eigenvalue weighted by atomic mass is 127. The van der Waals surface area contributed by atoms with Crippen LogP contribution in [0.3, 0.4) is 0 Å². The molecule has 1 aromatic rings. The van der Waals surface area contributed by atoms with Gasteiger partial charge in [0.05, 0.1) is 18.4 Å². The highest BCUT2D eigenvalue weighted by molar-refractivity contribution is 14.0.